The molecular weight excluding hydrogens is 355 g/mol. The summed E-state index contributed by atoms with van der Waals surface area (Å²) in [6.45, 7) is 3.58. The summed E-state index contributed by atoms with van der Waals surface area (Å²) in [6.07, 6.45) is 1.94. The van der Waals surface area contributed by atoms with Gasteiger partial charge in [-0.3, -0.25) is 9.59 Å². The van der Waals surface area contributed by atoms with E-state index in [1.165, 1.54) is 24.3 Å². The monoisotopic (exact) mass is 374 g/mol. The predicted molar refractivity (Wildman–Crippen MR) is 100 cm³/mol. The zero-order chi connectivity index (χ0) is 18.7. The van der Waals surface area contributed by atoms with Crippen molar-refractivity contribution in [2.45, 2.75) is 19.8 Å². The highest BCUT2D eigenvalue weighted by molar-refractivity contribution is 6.31. The number of carbonyl (C=O) groups is 2. The Morgan fingerprint density at radius 2 is 1.77 bits per heavy atom. The molecule has 1 N–H and O–H groups in total. The largest absolute Gasteiger partial charge is 0.339 e. The van der Waals surface area contributed by atoms with Crippen LogP contribution < -0.4 is 5.32 Å². The fourth-order valence-electron chi connectivity index (χ4n) is 2.98. The summed E-state index contributed by atoms with van der Waals surface area (Å²) in [5.41, 5.74) is 1.06. The molecule has 0 aliphatic carbocycles. The number of amides is 2. The Balaban J connectivity index is 1.82. The van der Waals surface area contributed by atoms with E-state index < -0.39 is 11.7 Å². The van der Waals surface area contributed by atoms with E-state index in [0.717, 1.165) is 12.8 Å². The first-order valence-corrected chi connectivity index (χ1v) is 8.97. The summed E-state index contributed by atoms with van der Waals surface area (Å²) >= 11 is 6.05. The molecule has 1 saturated heterocycles. The third kappa shape index (κ3) is 4.22. The SMILES string of the molecule is CC1CCN(C(=O)c2ccc(Cl)cc2NC(=O)c2ccc(F)cc2)CC1. The van der Waals surface area contributed by atoms with Gasteiger partial charge in [-0.1, -0.05) is 18.5 Å². The summed E-state index contributed by atoms with van der Waals surface area (Å²) in [4.78, 5) is 27.1. The zero-order valence-corrected chi connectivity index (χ0v) is 15.2. The van der Waals surface area contributed by atoms with Crippen LogP contribution in [0.15, 0.2) is 42.5 Å². The third-order valence-electron chi connectivity index (χ3n) is 4.64. The predicted octanol–water partition coefficient (Wildman–Crippen LogP) is 4.60. The number of carbonyl (C=O) groups excluding carboxylic acids is 2. The molecule has 0 atom stereocenters. The van der Waals surface area contributed by atoms with E-state index in [0.29, 0.717) is 40.8 Å². The second-order valence-electron chi connectivity index (χ2n) is 6.63. The number of hydrogen-bond acceptors (Lipinski definition) is 2. The summed E-state index contributed by atoms with van der Waals surface area (Å²) < 4.78 is 13.0. The molecule has 0 radical (unpaired) electrons. The second kappa shape index (κ2) is 7.87. The minimum atomic E-state index is -0.423. The molecular formula is C20H20ClFN2O2. The van der Waals surface area contributed by atoms with Gasteiger partial charge in [-0.25, -0.2) is 4.39 Å². The molecule has 0 aromatic heterocycles. The molecule has 0 bridgehead atoms. The average molecular weight is 375 g/mol. The molecule has 6 heteroatoms. The van der Waals surface area contributed by atoms with Crippen molar-refractivity contribution < 1.29 is 14.0 Å². The van der Waals surface area contributed by atoms with Crippen LogP contribution >= 0.6 is 11.6 Å². The zero-order valence-electron chi connectivity index (χ0n) is 14.5. The summed E-state index contributed by atoms with van der Waals surface area (Å²) in [5.74, 6) is -0.349. The van der Waals surface area contributed by atoms with Gasteiger partial charge in [0.05, 0.1) is 11.3 Å². The lowest BCUT2D eigenvalue weighted by atomic mass is 9.98. The standard InChI is InChI=1S/C20H20ClFN2O2/c1-13-8-10-24(11-9-13)20(26)17-7-4-15(21)12-18(17)23-19(25)14-2-5-16(22)6-3-14/h2-7,12-13H,8-11H2,1H3,(H,23,25). The topological polar surface area (TPSA) is 49.4 Å². The maximum absolute atomic E-state index is 13.0. The highest BCUT2D eigenvalue weighted by Crippen LogP contribution is 2.25. The number of likely N-dealkylation sites (tertiary alicyclic amines) is 1. The molecule has 2 aromatic rings. The van der Waals surface area contributed by atoms with Gasteiger partial charge in [-0.05, 0) is 61.2 Å². The number of halogens is 2. The van der Waals surface area contributed by atoms with Crippen LogP contribution in [-0.4, -0.2) is 29.8 Å². The molecule has 0 saturated carbocycles. The maximum atomic E-state index is 13.0. The van der Waals surface area contributed by atoms with E-state index in [-0.39, 0.29) is 5.91 Å². The van der Waals surface area contributed by atoms with Crippen LogP contribution in [0.25, 0.3) is 0 Å². The second-order valence-corrected chi connectivity index (χ2v) is 7.06. The lowest BCUT2D eigenvalue weighted by Gasteiger charge is -2.30. The first-order chi connectivity index (χ1) is 12.4. The van der Waals surface area contributed by atoms with E-state index in [4.69, 9.17) is 11.6 Å². The van der Waals surface area contributed by atoms with E-state index >= 15 is 0 Å². The average Bonchev–Trinajstić information content (AvgIpc) is 2.62. The summed E-state index contributed by atoms with van der Waals surface area (Å²) in [5, 5.41) is 3.14. The molecule has 2 aromatic carbocycles. The van der Waals surface area contributed by atoms with Gasteiger partial charge in [0, 0.05) is 23.7 Å². The third-order valence-corrected chi connectivity index (χ3v) is 4.87. The molecule has 1 heterocycles. The van der Waals surface area contributed by atoms with E-state index in [9.17, 15) is 14.0 Å². The van der Waals surface area contributed by atoms with Crippen molar-refractivity contribution in [3.05, 3.63) is 64.4 Å². The van der Waals surface area contributed by atoms with Crippen molar-refractivity contribution in [1.29, 1.82) is 0 Å². The number of rotatable bonds is 3. The number of benzene rings is 2. The minimum absolute atomic E-state index is 0.122. The lowest BCUT2D eigenvalue weighted by Crippen LogP contribution is -2.38. The highest BCUT2D eigenvalue weighted by atomic mass is 35.5. The molecule has 2 amide bonds. The lowest BCUT2D eigenvalue weighted by molar-refractivity contribution is 0.0698. The van der Waals surface area contributed by atoms with Crippen LogP contribution in [0.5, 0.6) is 0 Å². The van der Waals surface area contributed by atoms with Gasteiger partial charge < -0.3 is 10.2 Å². The Hall–Kier alpha value is -2.40. The van der Waals surface area contributed by atoms with Crippen LogP contribution in [0, 0.1) is 11.7 Å². The first-order valence-electron chi connectivity index (χ1n) is 8.60. The van der Waals surface area contributed by atoms with Gasteiger partial charge in [0.25, 0.3) is 11.8 Å². The molecule has 4 nitrogen and oxygen atoms in total. The van der Waals surface area contributed by atoms with Crippen molar-refractivity contribution in [3.63, 3.8) is 0 Å². The summed E-state index contributed by atoms with van der Waals surface area (Å²) in [7, 11) is 0. The van der Waals surface area contributed by atoms with Gasteiger partial charge in [0.1, 0.15) is 5.82 Å². The molecule has 26 heavy (non-hydrogen) atoms. The van der Waals surface area contributed by atoms with Crippen molar-refractivity contribution >= 4 is 29.1 Å². The van der Waals surface area contributed by atoms with Crippen LogP contribution in [0.3, 0.4) is 0 Å². The Morgan fingerprint density at radius 3 is 2.42 bits per heavy atom. The van der Waals surface area contributed by atoms with Crippen molar-refractivity contribution in [2.24, 2.45) is 5.92 Å². The smallest absolute Gasteiger partial charge is 0.255 e. The maximum Gasteiger partial charge on any atom is 0.255 e. The Kier molecular flexibility index (Phi) is 5.57. The van der Waals surface area contributed by atoms with Gasteiger partial charge in [0.2, 0.25) is 0 Å². The Bertz CT molecular complexity index is 815. The number of nitrogens with zero attached hydrogens (tertiary/aromatic N) is 1. The van der Waals surface area contributed by atoms with Crippen LogP contribution in [0.2, 0.25) is 5.02 Å². The van der Waals surface area contributed by atoms with Crippen LogP contribution in [0.4, 0.5) is 10.1 Å². The molecule has 3 rings (SSSR count). The fourth-order valence-corrected chi connectivity index (χ4v) is 3.16. The Labute approximate surface area is 157 Å². The molecule has 1 fully saturated rings. The first kappa shape index (κ1) is 18.4. The van der Waals surface area contributed by atoms with E-state index in [1.54, 1.807) is 23.1 Å². The van der Waals surface area contributed by atoms with Gasteiger partial charge in [-0.2, -0.15) is 0 Å². The van der Waals surface area contributed by atoms with Gasteiger partial charge in [0.15, 0.2) is 0 Å². The Morgan fingerprint density at radius 1 is 1.12 bits per heavy atom. The molecule has 0 spiro atoms. The van der Waals surface area contributed by atoms with Crippen LogP contribution in [-0.2, 0) is 0 Å². The van der Waals surface area contributed by atoms with Crippen molar-refractivity contribution in [2.75, 3.05) is 18.4 Å². The van der Waals surface area contributed by atoms with Crippen molar-refractivity contribution in [1.82, 2.24) is 4.90 Å². The molecule has 1 aliphatic rings. The normalized spacial score (nSPS) is 15.0. The van der Waals surface area contributed by atoms with Gasteiger partial charge in [-0.15, -0.1) is 0 Å². The molecule has 1 aliphatic heterocycles. The molecule has 0 unspecified atom stereocenters. The van der Waals surface area contributed by atoms with E-state index in [2.05, 4.69) is 12.2 Å². The number of anilines is 1. The van der Waals surface area contributed by atoms with Gasteiger partial charge >= 0.3 is 0 Å². The van der Waals surface area contributed by atoms with E-state index in [1.807, 2.05) is 0 Å². The number of nitrogens with one attached hydrogen (secondary N) is 1. The number of hydrogen-bond donors (Lipinski definition) is 1. The number of piperidine rings is 1. The molecule has 136 valence electrons. The minimum Gasteiger partial charge on any atom is -0.339 e. The highest BCUT2D eigenvalue weighted by Gasteiger charge is 2.24. The summed E-state index contributed by atoms with van der Waals surface area (Å²) in [6, 6.07) is 10.0. The fraction of sp³-hybridized carbons (Fsp3) is 0.300. The van der Waals surface area contributed by atoms with Crippen molar-refractivity contribution in [3.8, 4) is 0 Å². The quantitative estimate of drug-likeness (QED) is 0.853. The van der Waals surface area contributed by atoms with Crippen LogP contribution in [0.1, 0.15) is 40.5 Å².